The highest BCUT2D eigenvalue weighted by Crippen LogP contribution is 2.67. The molecular formula is C22H31N10O18P3. The van der Waals surface area contributed by atoms with Crippen LogP contribution in [0.5, 0.6) is 11.8 Å². The minimum atomic E-state index is -6.01. The van der Waals surface area contributed by atoms with Crippen LogP contribution in [0.2, 0.25) is 0 Å². The molecule has 2 aliphatic rings. The van der Waals surface area contributed by atoms with Crippen LogP contribution in [0.3, 0.4) is 0 Å². The molecule has 2 aliphatic heterocycles. The van der Waals surface area contributed by atoms with Crippen LogP contribution in [0.25, 0.3) is 22.3 Å². The standard InChI is InChI=1S/C22H31N10O18P3/c1-29-5-31(15-9(29)17(37)27-21(23)25-15)19-13(35)11(33)7(47-19)3-45-51(39,40)49-53(43,44)50-52(41,42)46-4-8-12(34)14(36)20(48-8)32-6-30(2)10-16(32)26-22(24)28-18(10)38/h5-8,11-14,19-20,33-36H,3-4H2,1-2H3,(H7-2,23,24,25,26,27,28,37,38,39,40,41,42,43,44)/t7-,8-,11-,12-,13-,14-,19-,20-/m1/s1. The van der Waals surface area contributed by atoms with Crippen LogP contribution in [0.4, 0.5) is 11.9 Å². The minimum absolute atomic E-state index is 0.0451. The number of imidazole rings is 2. The van der Waals surface area contributed by atoms with Gasteiger partial charge >= 0.3 is 34.8 Å². The molecule has 6 heterocycles. The van der Waals surface area contributed by atoms with E-state index in [4.69, 9.17) is 20.9 Å². The molecule has 292 valence electrons. The fourth-order valence-corrected chi connectivity index (χ4v) is 9.20. The number of phosphoric acid groups is 3. The molecule has 28 nitrogen and oxygen atoms in total. The van der Waals surface area contributed by atoms with Gasteiger partial charge in [-0.15, -0.1) is 0 Å². The highest BCUT2D eigenvalue weighted by Gasteiger charge is 2.51. The van der Waals surface area contributed by atoms with Gasteiger partial charge in [-0.1, -0.05) is 9.97 Å². The lowest BCUT2D eigenvalue weighted by Gasteiger charge is -2.21. The third-order valence-corrected chi connectivity index (χ3v) is 12.2. The maximum atomic E-state index is 12.5. The molecule has 0 radical (unpaired) electrons. The van der Waals surface area contributed by atoms with E-state index in [-0.39, 0.29) is 22.3 Å². The number of anilines is 2. The monoisotopic (exact) mass is 816 g/mol. The zero-order valence-electron chi connectivity index (χ0n) is 26.9. The van der Waals surface area contributed by atoms with Crippen LogP contribution < -0.4 is 30.8 Å². The van der Waals surface area contributed by atoms with E-state index in [1.807, 2.05) is 0 Å². The van der Waals surface area contributed by atoms with Gasteiger partial charge in [0.25, 0.3) is 11.9 Å². The smallest absolute Gasteiger partial charge is 0.490 e. The van der Waals surface area contributed by atoms with Crippen molar-refractivity contribution in [3.05, 3.63) is 12.7 Å². The molecule has 0 bridgehead atoms. The van der Waals surface area contributed by atoms with E-state index in [9.17, 15) is 59.0 Å². The maximum absolute atomic E-state index is 12.5. The number of aryl methyl sites for hydroxylation is 2. The van der Waals surface area contributed by atoms with E-state index in [2.05, 4.69) is 37.6 Å². The molecule has 0 saturated carbocycles. The molecule has 10 atom stereocenters. The third-order valence-electron chi connectivity index (χ3n) is 7.93. The van der Waals surface area contributed by atoms with Crippen molar-refractivity contribution in [2.75, 3.05) is 24.7 Å². The number of hydrogen-bond acceptors (Lipinski definition) is 21. The van der Waals surface area contributed by atoms with Crippen LogP contribution in [-0.4, -0.2) is 114 Å². The van der Waals surface area contributed by atoms with Gasteiger partial charge in [0, 0.05) is 11.8 Å². The number of hydrogen-bond donors (Lipinski definition) is 9. The van der Waals surface area contributed by atoms with Gasteiger partial charge in [-0.25, -0.2) is 32.8 Å². The minimum Gasteiger partial charge on any atom is -0.856 e. The number of nitrogens with zero attached hydrogens (tertiary/aromatic N) is 8. The van der Waals surface area contributed by atoms with Gasteiger partial charge in [0.05, 0.1) is 27.3 Å². The molecule has 2 unspecified atom stereocenters. The van der Waals surface area contributed by atoms with Crippen molar-refractivity contribution in [3.8, 4) is 11.8 Å². The second kappa shape index (κ2) is 14.0. The topological polar surface area (TPSA) is 416 Å². The first-order valence-electron chi connectivity index (χ1n) is 14.7. The van der Waals surface area contributed by atoms with Crippen LogP contribution in [0.1, 0.15) is 12.5 Å². The van der Waals surface area contributed by atoms with E-state index >= 15 is 0 Å². The van der Waals surface area contributed by atoms with Gasteiger partial charge in [-0.3, -0.25) is 18.2 Å². The molecule has 0 spiro atoms. The predicted molar refractivity (Wildman–Crippen MR) is 161 cm³/mol. The molecule has 0 amide bonds. The summed E-state index contributed by atoms with van der Waals surface area (Å²) in [7, 11) is -14.5. The number of rotatable bonds is 12. The fraction of sp³-hybridized carbons (Fsp3) is 0.545. The first-order chi connectivity index (χ1) is 24.6. The Bertz CT molecular complexity index is 2060. The van der Waals surface area contributed by atoms with Crippen molar-refractivity contribution >= 4 is 57.7 Å². The molecule has 31 heteroatoms. The van der Waals surface area contributed by atoms with Crippen LogP contribution in [-0.2, 0) is 54.9 Å². The Morgan fingerprint density at radius 3 is 1.42 bits per heavy atom. The highest BCUT2D eigenvalue weighted by molar-refractivity contribution is 7.66. The summed E-state index contributed by atoms with van der Waals surface area (Å²) >= 11 is 0. The molecule has 4 aromatic rings. The molecular weight excluding hydrogens is 785 g/mol. The zero-order chi connectivity index (χ0) is 38.9. The number of nitrogens with two attached hydrogens (primary N) is 2. The van der Waals surface area contributed by atoms with E-state index in [1.165, 1.54) is 35.9 Å². The number of ether oxygens (including phenoxy) is 2. The molecule has 0 aliphatic carbocycles. The summed E-state index contributed by atoms with van der Waals surface area (Å²) in [5.41, 5.74) is 10.8. The summed E-state index contributed by atoms with van der Waals surface area (Å²) in [4.78, 5) is 45.0. The Hall–Kier alpha value is -3.53. The van der Waals surface area contributed by atoms with Crippen molar-refractivity contribution in [3.63, 3.8) is 0 Å². The van der Waals surface area contributed by atoms with Gasteiger partial charge < -0.3 is 66.3 Å². The Kier molecular flexibility index (Phi) is 10.3. The second-order valence-electron chi connectivity index (χ2n) is 11.6. The lowest BCUT2D eigenvalue weighted by atomic mass is 10.1. The van der Waals surface area contributed by atoms with Crippen LogP contribution >= 0.6 is 23.5 Å². The van der Waals surface area contributed by atoms with Crippen molar-refractivity contribution in [1.29, 1.82) is 0 Å². The zero-order valence-corrected chi connectivity index (χ0v) is 29.6. The summed E-state index contributed by atoms with van der Waals surface area (Å²) in [6.45, 7) is -2.18. The Morgan fingerprint density at radius 2 is 1.06 bits per heavy atom. The normalized spacial score (nSPS) is 29.8. The van der Waals surface area contributed by atoms with Crippen molar-refractivity contribution < 1.29 is 95.3 Å². The van der Waals surface area contributed by atoms with Crippen LogP contribution in [0.15, 0.2) is 12.7 Å². The molecule has 53 heavy (non-hydrogen) atoms. The number of aliphatic hydroxyl groups is 4. The Balaban J connectivity index is 1.05. The molecule has 2 fully saturated rings. The molecule has 0 aromatic carbocycles. The summed E-state index contributed by atoms with van der Waals surface area (Å²) < 4.78 is 70.7. The summed E-state index contributed by atoms with van der Waals surface area (Å²) in [6, 6.07) is 0. The van der Waals surface area contributed by atoms with E-state index in [0.717, 1.165) is 9.13 Å². The third kappa shape index (κ3) is 7.72. The molecule has 2 saturated heterocycles. The SMILES string of the molecule is Cn1c[n+]([C@@H]2O[C@H](COP(=O)(O)OP(=O)(O)OP(=O)(O)OC[C@H]3O[C@@H]([n+]4cn(C)c5c([O-])nc(N)nc54)[C@H](O)[C@@H]3O)[C@@H](O)[C@H]2O)c2nc(N)nc([O-])c21. The number of nitrogen functional groups attached to an aromatic ring is 2. The first-order valence-corrected chi connectivity index (χ1v) is 19.2. The molecule has 4 aromatic heterocycles. The van der Waals surface area contributed by atoms with Crippen molar-refractivity contribution in [2.24, 2.45) is 14.1 Å². The second-order valence-corrected chi connectivity index (χ2v) is 16.3. The van der Waals surface area contributed by atoms with Crippen molar-refractivity contribution in [2.45, 2.75) is 49.1 Å². The van der Waals surface area contributed by atoms with Crippen LogP contribution in [0, 0.1) is 0 Å². The van der Waals surface area contributed by atoms with Gasteiger partial charge in [-0.2, -0.15) is 8.62 Å². The van der Waals surface area contributed by atoms with E-state index in [0.29, 0.717) is 0 Å². The average Bonchev–Trinajstić information content (AvgIpc) is 3.71. The van der Waals surface area contributed by atoms with Crippen molar-refractivity contribution in [1.82, 2.24) is 29.1 Å². The average molecular weight is 816 g/mol. The number of aromatic nitrogens is 8. The van der Waals surface area contributed by atoms with E-state index in [1.54, 1.807) is 0 Å². The first kappa shape index (κ1) is 39.2. The fourth-order valence-electron chi connectivity index (χ4n) is 5.68. The quantitative estimate of drug-likeness (QED) is 0.0475. The molecule has 6 rings (SSSR count). The summed E-state index contributed by atoms with van der Waals surface area (Å²) in [5.74, 6) is -2.33. The lowest BCUT2D eigenvalue weighted by molar-refractivity contribution is -0.746. The van der Waals surface area contributed by atoms with Gasteiger partial charge in [-0.05, 0) is 0 Å². The van der Waals surface area contributed by atoms with Gasteiger partial charge in [0.1, 0.15) is 36.6 Å². The van der Waals surface area contributed by atoms with Gasteiger partial charge in [0.15, 0.2) is 23.7 Å². The largest absolute Gasteiger partial charge is 0.856 e. The maximum Gasteiger partial charge on any atom is 0.490 e. The highest BCUT2D eigenvalue weighted by atomic mass is 31.3. The lowest BCUT2D eigenvalue weighted by Crippen LogP contribution is -2.46. The predicted octanol–water partition coefficient (Wildman–Crippen LogP) is -5.56. The number of aliphatic hydroxyl groups excluding tert-OH is 4. The van der Waals surface area contributed by atoms with Gasteiger partial charge in [0.2, 0.25) is 12.5 Å². The number of phosphoric ester groups is 2. The Morgan fingerprint density at radius 1 is 0.698 bits per heavy atom. The summed E-state index contributed by atoms with van der Waals surface area (Å²) in [6.07, 6.45) is -10.8. The number of fused-ring (bicyclic) bond motifs is 2. The summed E-state index contributed by atoms with van der Waals surface area (Å²) in [5, 5.41) is 66.8. The van der Waals surface area contributed by atoms with E-state index < -0.39 is 109 Å². The molecule has 11 N–H and O–H groups in total. The Labute approximate surface area is 294 Å².